The van der Waals surface area contributed by atoms with Crippen molar-refractivity contribution in [2.45, 2.75) is 18.4 Å². The van der Waals surface area contributed by atoms with Crippen molar-refractivity contribution in [3.8, 4) is 0 Å². The summed E-state index contributed by atoms with van der Waals surface area (Å²) in [6.45, 7) is 1.58. The van der Waals surface area contributed by atoms with E-state index in [1.807, 2.05) is 0 Å². The summed E-state index contributed by atoms with van der Waals surface area (Å²) in [5, 5.41) is 14.8. The van der Waals surface area contributed by atoms with E-state index in [0.29, 0.717) is 28.5 Å². The van der Waals surface area contributed by atoms with Gasteiger partial charge in [0.2, 0.25) is 0 Å². The maximum Gasteiger partial charge on any atom is 0.0949 e. The summed E-state index contributed by atoms with van der Waals surface area (Å²) in [5.41, 5.74) is -0.199. The van der Waals surface area contributed by atoms with Crippen molar-refractivity contribution in [3.05, 3.63) is 33.8 Å². The van der Waals surface area contributed by atoms with Crippen LogP contribution in [0.5, 0.6) is 0 Å². The fourth-order valence-corrected chi connectivity index (χ4v) is 2.78. The summed E-state index contributed by atoms with van der Waals surface area (Å²) in [6.07, 6.45) is 1.30. The van der Waals surface area contributed by atoms with E-state index in [9.17, 15) is 5.11 Å². The van der Waals surface area contributed by atoms with Crippen LogP contribution in [0.4, 0.5) is 0 Å². The molecule has 0 amide bonds. The summed E-state index contributed by atoms with van der Waals surface area (Å²) in [5.74, 6) is 0. The highest BCUT2D eigenvalue weighted by Crippen LogP contribution is 2.39. The molecule has 2 nitrogen and oxygen atoms in total. The monoisotopic (exact) mass is 245 g/mol. The van der Waals surface area contributed by atoms with Gasteiger partial charge in [0.25, 0.3) is 0 Å². The summed E-state index contributed by atoms with van der Waals surface area (Å²) in [7, 11) is 0. The van der Waals surface area contributed by atoms with Gasteiger partial charge in [-0.3, -0.25) is 0 Å². The van der Waals surface area contributed by atoms with Crippen molar-refractivity contribution in [2.24, 2.45) is 0 Å². The van der Waals surface area contributed by atoms with Crippen molar-refractivity contribution in [2.75, 3.05) is 13.1 Å². The molecule has 0 saturated carbocycles. The van der Waals surface area contributed by atoms with Gasteiger partial charge in [-0.25, -0.2) is 0 Å². The molecule has 2 N–H and O–H groups in total. The molecule has 4 heteroatoms. The lowest BCUT2D eigenvalue weighted by molar-refractivity contribution is 0.00615. The highest BCUT2D eigenvalue weighted by molar-refractivity contribution is 6.36. The maximum absolute atomic E-state index is 10.5. The summed E-state index contributed by atoms with van der Waals surface area (Å²) >= 11 is 12.2. The van der Waals surface area contributed by atoms with E-state index in [1.54, 1.807) is 18.2 Å². The Morgan fingerprint density at radius 1 is 1.13 bits per heavy atom. The first-order chi connectivity index (χ1) is 7.13. The minimum absolute atomic E-state index is 0.548. The summed E-state index contributed by atoms with van der Waals surface area (Å²) < 4.78 is 0. The van der Waals surface area contributed by atoms with E-state index in [1.165, 1.54) is 0 Å². The lowest BCUT2D eigenvalue weighted by atomic mass is 9.85. The lowest BCUT2D eigenvalue weighted by Gasteiger charge is -2.34. The minimum atomic E-state index is -0.874. The maximum atomic E-state index is 10.5. The zero-order chi connectivity index (χ0) is 10.9. The number of nitrogens with one attached hydrogen (secondary N) is 1. The molecule has 0 aromatic heterocycles. The van der Waals surface area contributed by atoms with E-state index in [2.05, 4.69) is 5.32 Å². The predicted octanol–water partition coefficient (Wildman–Crippen LogP) is 2.56. The summed E-state index contributed by atoms with van der Waals surface area (Å²) in [4.78, 5) is 0. The minimum Gasteiger partial charge on any atom is -0.385 e. The molecule has 1 aromatic carbocycles. The molecule has 1 fully saturated rings. The van der Waals surface area contributed by atoms with Crippen LogP contribution >= 0.6 is 23.2 Å². The van der Waals surface area contributed by atoms with Crippen LogP contribution in [0, 0.1) is 0 Å². The van der Waals surface area contributed by atoms with Crippen LogP contribution in [0.15, 0.2) is 18.2 Å². The van der Waals surface area contributed by atoms with Gasteiger partial charge in [0.15, 0.2) is 0 Å². The van der Waals surface area contributed by atoms with Crippen LogP contribution in [-0.4, -0.2) is 18.2 Å². The molecule has 1 aliphatic rings. The predicted molar refractivity (Wildman–Crippen MR) is 62.5 cm³/mol. The Bertz CT molecular complexity index is 341. The normalized spacial score (nSPS) is 20.2. The van der Waals surface area contributed by atoms with Crippen LogP contribution in [0.3, 0.4) is 0 Å². The Labute approximate surface area is 99.2 Å². The third-order valence-electron chi connectivity index (χ3n) is 2.86. The van der Waals surface area contributed by atoms with Crippen molar-refractivity contribution in [1.82, 2.24) is 5.32 Å². The number of aliphatic hydroxyl groups is 1. The Morgan fingerprint density at radius 3 is 2.20 bits per heavy atom. The molecule has 1 aliphatic heterocycles. The van der Waals surface area contributed by atoms with Crippen LogP contribution in [0.25, 0.3) is 0 Å². The van der Waals surface area contributed by atoms with Gasteiger partial charge in [-0.15, -0.1) is 0 Å². The van der Waals surface area contributed by atoms with Crippen LogP contribution < -0.4 is 5.32 Å². The third-order valence-corrected chi connectivity index (χ3v) is 3.49. The Hall–Kier alpha value is -0.280. The second kappa shape index (κ2) is 4.30. The number of piperidine rings is 1. The van der Waals surface area contributed by atoms with Crippen LogP contribution in [-0.2, 0) is 5.60 Å². The molecule has 2 rings (SSSR count). The van der Waals surface area contributed by atoms with Gasteiger partial charge in [-0.2, -0.15) is 0 Å². The van der Waals surface area contributed by atoms with Gasteiger partial charge in [-0.1, -0.05) is 29.3 Å². The number of halogens is 2. The molecular formula is C11H13Cl2NO. The largest absolute Gasteiger partial charge is 0.385 e. The van der Waals surface area contributed by atoms with Gasteiger partial charge in [0.1, 0.15) is 0 Å². The zero-order valence-electron chi connectivity index (χ0n) is 8.26. The second-order valence-electron chi connectivity index (χ2n) is 3.88. The molecule has 82 valence electrons. The lowest BCUT2D eigenvalue weighted by Crippen LogP contribution is -2.40. The van der Waals surface area contributed by atoms with Crippen LogP contribution in [0.1, 0.15) is 18.4 Å². The smallest absolute Gasteiger partial charge is 0.0949 e. The van der Waals surface area contributed by atoms with E-state index >= 15 is 0 Å². The van der Waals surface area contributed by atoms with Crippen LogP contribution in [0.2, 0.25) is 10.0 Å². The molecule has 1 saturated heterocycles. The zero-order valence-corrected chi connectivity index (χ0v) is 9.78. The van der Waals surface area contributed by atoms with Crippen molar-refractivity contribution in [3.63, 3.8) is 0 Å². The van der Waals surface area contributed by atoms with E-state index in [4.69, 9.17) is 23.2 Å². The van der Waals surface area contributed by atoms with E-state index in [-0.39, 0.29) is 0 Å². The van der Waals surface area contributed by atoms with Crippen molar-refractivity contribution < 1.29 is 5.11 Å². The second-order valence-corrected chi connectivity index (χ2v) is 4.69. The molecule has 0 atom stereocenters. The molecule has 0 spiro atoms. The van der Waals surface area contributed by atoms with E-state index in [0.717, 1.165) is 13.1 Å². The fraction of sp³-hybridized carbons (Fsp3) is 0.455. The number of benzene rings is 1. The molecule has 1 heterocycles. The molecule has 15 heavy (non-hydrogen) atoms. The standard InChI is InChI=1S/C11H13Cl2NO/c12-8-2-1-3-9(13)10(8)11(15)4-6-14-7-5-11/h1-3,14-15H,4-7H2. The molecule has 0 radical (unpaired) electrons. The highest BCUT2D eigenvalue weighted by Gasteiger charge is 2.34. The molecule has 1 aromatic rings. The first-order valence-corrected chi connectivity index (χ1v) is 5.77. The number of rotatable bonds is 1. The number of hydrogen-bond donors (Lipinski definition) is 2. The first-order valence-electron chi connectivity index (χ1n) is 5.01. The molecule has 0 bridgehead atoms. The summed E-state index contributed by atoms with van der Waals surface area (Å²) in [6, 6.07) is 5.32. The molecule has 0 aliphatic carbocycles. The highest BCUT2D eigenvalue weighted by atomic mass is 35.5. The first kappa shape index (κ1) is 11.2. The molecular weight excluding hydrogens is 233 g/mol. The van der Waals surface area contributed by atoms with E-state index < -0.39 is 5.60 Å². The average molecular weight is 246 g/mol. The SMILES string of the molecule is OC1(c2c(Cl)cccc2Cl)CCNCC1. The van der Waals surface area contributed by atoms with Gasteiger partial charge in [0.05, 0.1) is 5.60 Å². The van der Waals surface area contributed by atoms with Gasteiger partial charge in [-0.05, 0) is 38.1 Å². The van der Waals surface area contributed by atoms with Gasteiger partial charge < -0.3 is 10.4 Å². The molecule has 0 unspecified atom stereocenters. The van der Waals surface area contributed by atoms with Crippen molar-refractivity contribution >= 4 is 23.2 Å². The average Bonchev–Trinajstić information content (AvgIpc) is 2.18. The third kappa shape index (κ3) is 2.13. The Morgan fingerprint density at radius 2 is 1.67 bits per heavy atom. The topological polar surface area (TPSA) is 32.3 Å². The van der Waals surface area contributed by atoms with Gasteiger partial charge >= 0.3 is 0 Å². The quantitative estimate of drug-likeness (QED) is 0.798. The van der Waals surface area contributed by atoms with Crippen molar-refractivity contribution in [1.29, 1.82) is 0 Å². The fourth-order valence-electron chi connectivity index (χ4n) is 2.03. The Balaban J connectivity index is 2.42. The Kier molecular flexibility index (Phi) is 3.21. The number of hydrogen-bond acceptors (Lipinski definition) is 2. The van der Waals surface area contributed by atoms with Gasteiger partial charge in [0, 0.05) is 15.6 Å².